The molecule has 0 aliphatic rings. The standard InChI is InChI=1S/C28H22Br2N2O6/c1-15-17(13-37-27-23(29)9-19(11-33)25(35)31-27)5-3-7-21(15)22-8-4-6-18(16(22)2)14-38-28-24(30)10-20(12-34)26(36)32-28/h3-12H,13-14H2,1-2H3,(H,31,35)(H,32,36). The van der Waals surface area contributed by atoms with E-state index in [1.807, 2.05) is 50.2 Å². The minimum atomic E-state index is -0.393. The van der Waals surface area contributed by atoms with E-state index in [9.17, 15) is 19.8 Å². The van der Waals surface area contributed by atoms with Gasteiger partial charge in [-0.2, -0.15) is 9.97 Å². The van der Waals surface area contributed by atoms with E-state index >= 15 is 0 Å². The van der Waals surface area contributed by atoms with Crippen LogP contribution in [-0.4, -0.2) is 32.8 Å². The maximum Gasteiger partial charge on any atom is 0.231 e. The maximum atomic E-state index is 11.0. The van der Waals surface area contributed by atoms with Crippen molar-refractivity contribution in [3.63, 3.8) is 0 Å². The normalized spacial score (nSPS) is 10.7. The predicted octanol–water partition coefficient (Wildman–Crippen LogP) is 6.48. The fourth-order valence-electron chi connectivity index (χ4n) is 3.89. The van der Waals surface area contributed by atoms with Crippen LogP contribution in [0.5, 0.6) is 23.5 Å². The molecule has 0 fully saturated rings. The molecule has 0 radical (unpaired) electrons. The van der Waals surface area contributed by atoms with Crippen molar-refractivity contribution in [3.8, 4) is 34.6 Å². The number of aromatic hydroxyl groups is 2. The zero-order chi connectivity index (χ0) is 27.4. The number of aromatic nitrogens is 2. The summed E-state index contributed by atoms with van der Waals surface area (Å²) in [5.74, 6) is -0.425. The summed E-state index contributed by atoms with van der Waals surface area (Å²) < 4.78 is 12.6. The summed E-state index contributed by atoms with van der Waals surface area (Å²) >= 11 is 6.65. The SMILES string of the molecule is Cc1c(COc2nc(O)c(C=O)cc2Br)cccc1-c1cccc(COc2nc(O)c(C=O)cc2Br)c1C. The Kier molecular flexibility index (Phi) is 8.43. The molecule has 2 heterocycles. The number of aldehydes is 2. The van der Waals surface area contributed by atoms with Gasteiger partial charge in [0.25, 0.3) is 0 Å². The number of carbonyl (C=O) groups excluding carboxylic acids is 2. The van der Waals surface area contributed by atoms with Crippen molar-refractivity contribution >= 4 is 44.4 Å². The molecule has 38 heavy (non-hydrogen) atoms. The Morgan fingerprint density at radius 2 is 1.13 bits per heavy atom. The summed E-state index contributed by atoms with van der Waals surface area (Å²) in [5, 5.41) is 19.8. The molecule has 0 unspecified atom stereocenters. The van der Waals surface area contributed by atoms with Crippen LogP contribution in [0.15, 0.2) is 57.5 Å². The van der Waals surface area contributed by atoms with Crippen molar-refractivity contribution in [1.82, 2.24) is 9.97 Å². The van der Waals surface area contributed by atoms with E-state index in [4.69, 9.17) is 9.47 Å². The number of benzene rings is 2. The predicted molar refractivity (Wildman–Crippen MR) is 148 cm³/mol. The number of halogens is 2. The lowest BCUT2D eigenvalue weighted by molar-refractivity contribution is 0.111. The Hall–Kier alpha value is -3.76. The summed E-state index contributed by atoms with van der Waals surface area (Å²) in [5.41, 5.74) is 6.05. The molecule has 8 nitrogen and oxygen atoms in total. The third-order valence-electron chi connectivity index (χ3n) is 6.07. The molecule has 0 bridgehead atoms. The second-order valence-corrected chi connectivity index (χ2v) is 10.1. The van der Waals surface area contributed by atoms with Crippen molar-refractivity contribution in [2.45, 2.75) is 27.1 Å². The van der Waals surface area contributed by atoms with E-state index < -0.39 is 11.8 Å². The van der Waals surface area contributed by atoms with Crippen LogP contribution in [0, 0.1) is 13.8 Å². The quantitative estimate of drug-likeness (QED) is 0.199. The second-order valence-electron chi connectivity index (χ2n) is 8.37. The van der Waals surface area contributed by atoms with E-state index in [0.717, 1.165) is 33.4 Å². The fraction of sp³-hybridized carbons (Fsp3) is 0.143. The molecule has 0 aliphatic heterocycles. The minimum Gasteiger partial charge on any atom is -0.493 e. The van der Waals surface area contributed by atoms with Gasteiger partial charge in [-0.05, 0) is 91.2 Å². The van der Waals surface area contributed by atoms with Crippen molar-refractivity contribution in [3.05, 3.63) is 90.9 Å². The minimum absolute atomic E-state index is 0.0691. The molecule has 4 aromatic rings. The number of carbonyl (C=O) groups is 2. The van der Waals surface area contributed by atoms with Crippen LogP contribution in [0.3, 0.4) is 0 Å². The van der Waals surface area contributed by atoms with Gasteiger partial charge >= 0.3 is 0 Å². The first-order chi connectivity index (χ1) is 18.2. The first-order valence-corrected chi connectivity index (χ1v) is 12.9. The van der Waals surface area contributed by atoms with E-state index in [1.165, 1.54) is 12.1 Å². The summed E-state index contributed by atoms with van der Waals surface area (Å²) in [6.07, 6.45) is 1.04. The maximum absolute atomic E-state index is 11.0. The van der Waals surface area contributed by atoms with Crippen molar-refractivity contribution in [1.29, 1.82) is 0 Å². The molecule has 0 aliphatic carbocycles. The lowest BCUT2D eigenvalue weighted by Gasteiger charge is -2.17. The van der Waals surface area contributed by atoms with Crippen LogP contribution in [0.2, 0.25) is 0 Å². The van der Waals surface area contributed by atoms with Crippen molar-refractivity contribution in [2.24, 2.45) is 0 Å². The number of rotatable bonds is 9. The molecule has 4 rings (SSSR count). The molecule has 0 saturated carbocycles. The fourth-order valence-corrected chi connectivity index (χ4v) is 4.78. The molecule has 2 aromatic carbocycles. The molecule has 2 N–H and O–H groups in total. The number of hydrogen-bond acceptors (Lipinski definition) is 8. The average molecular weight is 642 g/mol. The number of nitrogens with zero attached hydrogens (tertiary/aromatic N) is 2. The molecule has 0 spiro atoms. The van der Waals surface area contributed by atoms with Gasteiger partial charge in [0.05, 0.1) is 20.1 Å². The zero-order valence-electron chi connectivity index (χ0n) is 20.4. The Labute approximate surface area is 235 Å². The monoisotopic (exact) mass is 640 g/mol. The lowest BCUT2D eigenvalue weighted by Crippen LogP contribution is -2.04. The number of hydrogen-bond donors (Lipinski definition) is 2. The van der Waals surface area contributed by atoms with E-state index in [1.54, 1.807) is 0 Å². The van der Waals surface area contributed by atoms with Gasteiger partial charge in [-0.15, -0.1) is 0 Å². The topological polar surface area (TPSA) is 119 Å². The highest BCUT2D eigenvalue weighted by Gasteiger charge is 2.15. The molecule has 194 valence electrons. The van der Waals surface area contributed by atoms with Crippen LogP contribution < -0.4 is 9.47 Å². The highest BCUT2D eigenvalue weighted by Crippen LogP contribution is 2.33. The first-order valence-electron chi connectivity index (χ1n) is 11.4. The van der Waals surface area contributed by atoms with Crippen LogP contribution in [0.25, 0.3) is 11.1 Å². The van der Waals surface area contributed by atoms with Gasteiger partial charge in [-0.25, -0.2) is 0 Å². The van der Waals surface area contributed by atoms with Crippen LogP contribution in [0.1, 0.15) is 43.0 Å². The Balaban J connectivity index is 1.56. The zero-order valence-corrected chi connectivity index (χ0v) is 23.5. The van der Waals surface area contributed by atoms with Crippen LogP contribution >= 0.6 is 31.9 Å². The molecular formula is C28H22Br2N2O6. The second kappa shape index (κ2) is 11.7. The highest BCUT2D eigenvalue weighted by molar-refractivity contribution is 9.10. The van der Waals surface area contributed by atoms with Gasteiger partial charge < -0.3 is 19.7 Å². The van der Waals surface area contributed by atoms with Crippen molar-refractivity contribution < 1.29 is 29.3 Å². The largest absolute Gasteiger partial charge is 0.493 e. The Morgan fingerprint density at radius 3 is 1.50 bits per heavy atom. The van der Waals surface area contributed by atoms with Gasteiger partial charge in [0.1, 0.15) is 13.2 Å². The van der Waals surface area contributed by atoms with Gasteiger partial charge in [0, 0.05) is 0 Å². The van der Waals surface area contributed by atoms with E-state index in [0.29, 0.717) is 21.5 Å². The molecule has 0 atom stereocenters. The third kappa shape index (κ3) is 5.71. The van der Waals surface area contributed by atoms with Gasteiger partial charge in [0.2, 0.25) is 23.5 Å². The van der Waals surface area contributed by atoms with Crippen molar-refractivity contribution in [2.75, 3.05) is 0 Å². The summed E-state index contributed by atoms with van der Waals surface area (Å²) in [7, 11) is 0. The van der Waals surface area contributed by atoms with Gasteiger partial charge in [-0.3, -0.25) is 9.59 Å². The third-order valence-corrected chi connectivity index (χ3v) is 7.21. The molecule has 10 heteroatoms. The lowest BCUT2D eigenvalue weighted by atomic mass is 9.92. The van der Waals surface area contributed by atoms with Gasteiger partial charge in [0.15, 0.2) is 12.6 Å². The summed E-state index contributed by atoms with van der Waals surface area (Å²) in [6.45, 7) is 4.41. The molecule has 0 saturated heterocycles. The first kappa shape index (κ1) is 27.3. The smallest absolute Gasteiger partial charge is 0.231 e. The van der Waals surface area contributed by atoms with Crippen LogP contribution in [0.4, 0.5) is 0 Å². The highest BCUT2D eigenvalue weighted by atomic mass is 79.9. The van der Waals surface area contributed by atoms with Crippen LogP contribution in [-0.2, 0) is 13.2 Å². The summed E-state index contributed by atoms with van der Waals surface area (Å²) in [6, 6.07) is 14.8. The number of pyridine rings is 2. The molecule has 0 amide bonds. The average Bonchev–Trinajstić information content (AvgIpc) is 2.90. The Morgan fingerprint density at radius 1 is 0.737 bits per heavy atom. The molecule has 2 aromatic heterocycles. The summed E-state index contributed by atoms with van der Waals surface area (Å²) in [4.78, 5) is 29.9. The van der Waals surface area contributed by atoms with E-state index in [-0.39, 0.29) is 36.1 Å². The molecular weight excluding hydrogens is 620 g/mol. The Bertz CT molecular complexity index is 1430. The number of ether oxygens (including phenoxy) is 2. The van der Waals surface area contributed by atoms with Gasteiger partial charge in [-0.1, -0.05) is 36.4 Å². The van der Waals surface area contributed by atoms with E-state index in [2.05, 4.69) is 41.8 Å².